The molecule has 2 aliphatic heterocycles. The predicted molar refractivity (Wildman–Crippen MR) is 91.1 cm³/mol. The molecule has 22 heavy (non-hydrogen) atoms. The van der Waals surface area contributed by atoms with Gasteiger partial charge in [0.25, 0.3) is 0 Å². The molecule has 0 saturated carbocycles. The second-order valence-electron chi connectivity index (χ2n) is 6.12. The van der Waals surface area contributed by atoms with Crippen LogP contribution in [0.5, 0.6) is 0 Å². The topological polar surface area (TPSA) is 44.4 Å². The zero-order valence-electron chi connectivity index (χ0n) is 13.0. The number of benzene rings is 1. The number of nitrogens with one attached hydrogen (secondary N) is 2. The van der Waals surface area contributed by atoms with Crippen LogP contribution in [-0.2, 0) is 17.9 Å². The van der Waals surface area contributed by atoms with E-state index in [0.717, 1.165) is 25.9 Å². The lowest BCUT2D eigenvalue weighted by Crippen LogP contribution is -2.40. The van der Waals surface area contributed by atoms with E-state index in [1.165, 1.54) is 37.1 Å². The molecule has 1 amide bonds. The molecule has 1 unspecified atom stereocenters. The molecule has 122 valence electrons. The molecule has 0 bridgehead atoms. The van der Waals surface area contributed by atoms with Gasteiger partial charge < -0.3 is 10.6 Å². The fourth-order valence-electron chi connectivity index (χ4n) is 3.28. The molecular weight excluding hydrogens is 298 g/mol. The Morgan fingerprint density at radius 1 is 1.18 bits per heavy atom. The quantitative estimate of drug-likeness (QED) is 0.872. The van der Waals surface area contributed by atoms with Crippen molar-refractivity contribution in [2.45, 2.75) is 44.8 Å². The van der Waals surface area contributed by atoms with Gasteiger partial charge in [-0.3, -0.25) is 9.69 Å². The number of rotatable bonds is 5. The second-order valence-corrected chi connectivity index (χ2v) is 6.12. The third kappa shape index (κ3) is 4.45. The molecule has 1 atom stereocenters. The Hall–Kier alpha value is -1.10. The van der Waals surface area contributed by atoms with Crippen molar-refractivity contribution in [1.29, 1.82) is 0 Å². The van der Waals surface area contributed by atoms with Gasteiger partial charge in [-0.2, -0.15) is 0 Å². The number of amides is 1. The number of carbonyl (C=O) groups is 1. The van der Waals surface area contributed by atoms with E-state index in [4.69, 9.17) is 0 Å². The number of halogens is 1. The molecule has 3 rings (SSSR count). The average Bonchev–Trinajstić information content (AvgIpc) is 3.19. The Kier molecular flexibility index (Phi) is 6.68. The molecule has 2 aliphatic rings. The Balaban J connectivity index is 0.00000176. The Bertz CT molecular complexity index is 483. The van der Waals surface area contributed by atoms with Gasteiger partial charge in [0, 0.05) is 13.1 Å². The first-order valence-electron chi connectivity index (χ1n) is 8.13. The van der Waals surface area contributed by atoms with Gasteiger partial charge in [-0.05, 0) is 56.4 Å². The summed E-state index contributed by atoms with van der Waals surface area (Å²) in [5.74, 6) is 0.142. The first kappa shape index (κ1) is 17.3. The largest absolute Gasteiger partial charge is 0.351 e. The van der Waals surface area contributed by atoms with E-state index in [1.807, 2.05) is 0 Å². The Morgan fingerprint density at radius 2 is 1.91 bits per heavy atom. The standard InChI is InChI=1S/C17H25N3O.ClH/c21-17(16-8-5-9-18-16)19-12-14-6-1-2-7-15(14)13-20-10-3-4-11-20;/h1-2,6-7,16,18H,3-5,8-13H2,(H,19,21);1H. The van der Waals surface area contributed by atoms with E-state index in [2.05, 4.69) is 39.8 Å². The molecule has 1 aromatic carbocycles. The summed E-state index contributed by atoms with van der Waals surface area (Å²) in [4.78, 5) is 14.6. The van der Waals surface area contributed by atoms with Crippen molar-refractivity contribution in [3.05, 3.63) is 35.4 Å². The third-order valence-corrected chi connectivity index (χ3v) is 4.54. The fraction of sp³-hybridized carbons (Fsp3) is 0.588. The van der Waals surface area contributed by atoms with Crippen molar-refractivity contribution in [2.24, 2.45) is 0 Å². The van der Waals surface area contributed by atoms with Crippen LogP contribution in [0.2, 0.25) is 0 Å². The second kappa shape index (κ2) is 8.51. The van der Waals surface area contributed by atoms with E-state index in [9.17, 15) is 4.79 Å². The minimum absolute atomic E-state index is 0. The number of likely N-dealkylation sites (tertiary alicyclic amines) is 1. The van der Waals surface area contributed by atoms with Crippen LogP contribution >= 0.6 is 12.4 Å². The van der Waals surface area contributed by atoms with Crippen LogP contribution in [0, 0.1) is 0 Å². The zero-order valence-corrected chi connectivity index (χ0v) is 13.8. The van der Waals surface area contributed by atoms with Gasteiger partial charge >= 0.3 is 0 Å². The molecule has 2 fully saturated rings. The van der Waals surface area contributed by atoms with Crippen molar-refractivity contribution >= 4 is 18.3 Å². The number of carbonyl (C=O) groups excluding carboxylic acids is 1. The normalized spacial score (nSPS) is 21.5. The predicted octanol–water partition coefficient (Wildman–Crippen LogP) is 2.07. The van der Waals surface area contributed by atoms with Crippen LogP contribution in [0.15, 0.2) is 24.3 Å². The SMILES string of the molecule is Cl.O=C(NCc1ccccc1CN1CCCC1)C1CCCN1. The Labute approximate surface area is 139 Å². The molecule has 0 radical (unpaired) electrons. The fourth-order valence-corrected chi connectivity index (χ4v) is 3.28. The van der Waals surface area contributed by atoms with Crippen LogP contribution < -0.4 is 10.6 Å². The maximum atomic E-state index is 12.1. The minimum atomic E-state index is 0. The molecule has 4 nitrogen and oxygen atoms in total. The van der Waals surface area contributed by atoms with E-state index >= 15 is 0 Å². The molecule has 0 spiro atoms. The van der Waals surface area contributed by atoms with Gasteiger partial charge in [0.2, 0.25) is 5.91 Å². The van der Waals surface area contributed by atoms with Crippen LogP contribution in [0.1, 0.15) is 36.8 Å². The van der Waals surface area contributed by atoms with Gasteiger partial charge in [-0.1, -0.05) is 24.3 Å². The van der Waals surface area contributed by atoms with Crippen LogP contribution in [0.4, 0.5) is 0 Å². The molecule has 5 heteroatoms. The van der Waals surface area contributed by atoms with Gasteiger partial charge in [0.15, 0.2) is 0 Å². The molecule has 0 aliphatic carbocycles. The number of nitrogens with zero attached hydrogens (tertiary/aromatic N) is 1. The average molecular weight is 324 g/mol. The van der Waals surface area contributed by atoms with Crippen molar-refractivity contribution < 1.29 is 4.79 Å². The highest BCUT2D eigenvalue weighted by Gasteiger charge is 2.21. The highest BCUT2D eigenvalue weighted by atomic mass is 35.5. The summed E-state index contributed by atoms with van der Waals surface area (Å²) in [6.07, 6.45) is 4.68. The lowest BCUT2D eigenvalue weighted by molar-refractivity contribution is -0.122. The van der Waals surface area contributed by atoms with Crippen molar-refractivity contribution in [3.8, 4) is 0 Å². The van der Waals surface area contributed by atoms with Crippen molar-refractivity contribution in [2.75, 3.05) is 19.6 Å². The molecule has 1 aromatic rings. The molecular formula is C17H26ClN3O. The smallest absolute Gasteiger partial charge is 0.237 e. The molecule has 2 heterocycles. The minimum Gasteiger partial charge on any atom is -0.351 e. The maximum Gasteiger partial charge on any atom is 0.237 e. The van der Waals surface area contributed by atoms with Gasteiger partial charge in [0.05, 0.1) is 6.04 Å². The van der Waals surface area contributed by atoms with E-state index in [0.29, 0.717) is 6.54 Å². The summed E-state index contributed by atoms with van der Waals surface area (Å²) in [5.41, 5.74) is 2.59. The summed E-state index contributed by atoms with van der Waals surface area (Å²) in [7, 11) is 0. The molecule has 0 aromatic heterocycles. The van der Waals surface area contributed by atoms with Crippen LogP contribution in [-0.4, -0.2) is 36.5 Å². The first-order chi connectivity index (χ1) is 10.3. The van der Waals surface area contributed by atoms with Gasteiger partial charge in [-0.15, -0.1) is 12.4 Å². The van der Waals surface area contributed by atoms with Gasteiger partial charge in [0.1, 0.15) is 0 Å². The van der Waals surface area contributed by atoms with Crippen LogP contribution in [0.3, 0.4) is 0 Å². The summed E-state index contributed by atoms with van der Waals surface area (Å²) in [6.45, 7) is 5.01. The van der Waals surface area contributed by atoms with E-state index in [-0.39, 0.29) is 24.4 Å². The number of hydrogen-bond donors (Lipinski definition) is 2. The summed E-state index contributed by atoms with van der Waals surface area (Å²) in [5, 5.41) is 6.33. The van der Waals surface area contributed by atoms with Crippen LogP contribution in [0.25, 0.3) is 0 Å². The maximum absolute atomic E-state index is 12.1. The first-order valence-corrected chi connectivity index (χ1v) is 8.13. The lowest BCUT2D eigenvalue weighted by atomic mass is 10.1. The van der Waals surface area contributed by atoms with Crippen molar-refractivity contribution in [1.82, 2.24) is 15.5 Å². The number of hydrogen-bond acceptors (Lipinski definition) is 3. The lowest BCUT2D eigenvalue weighted by Gasteiger charge is -2.18. The molecule has 2 N–H and O–H groups in total. The highest BCUT2D eigenvalue weighted by Crippen LogP contribution is 2.16. The summed E-state index contributed by atoms with van der Waals surface area (Å²) < 4.78 is 0. The van der Waals surface area contributed by atoms with E-state index in [1.54, 1.807) is 0 Å². The van der Waals surface area contributed by atoms with Gasteiger partial charge in [-0.25, -0.2) is 0 Å². The summed E-state index contributed by atoms with van der Waals surface area (Å²) >= 11 is 0. The summed E-state index contributed by atoms with van der Waals surface area (Å²) in [6, 6.07) is 8.48. The third-order valence-electron chi connectivity index (χ3n) is 4.54. The monoisotopic (exact) mass is 323 g/mol. The van der Waals surface area contributed by atoms with Crippen molar-refractivity contribution in [3.63, 3.8) is 0 Å². The van der Waals surface area contributed by atoms with E-state index < -0.39 is 0 Å². The Morgan fingerprint density at radius 3 is 2.59 bits per heavy atom. The highest BCUT2D eigenvalue weighted by molar-refractivity contribution is 5.85. The molecule has 2 saturated heterocycles. The zero-order chi connectivity index (χ0) is 14.5.